The fourth-order valence-corrected chi connectivity index (χ4v) is 0.873. The molecule has 1 saturated heterocycles. The van der Waals surface area contributed by atoms with Gasteiger partial charge in [-0.15, -0.1) is 0 Å². The number of carbonyl (C=O) groups is 2. The summed E-state index contributed by atoms with van der Waals surface area (Å²) in [6.45, 7) is 0. The van der Waals surface area contributed by atoms with E-state index in [9.17, 15) is 9.59 Å². The summed E-state index contributed by atoms with van der Waals surface area (Å²) in [4.78, 5) is 22.0. The van der Waals surface area contributed by atoms with Crippen LogP contribution in [-0.2, 0) is 19.1 Å². The highest BCUT2D eigenvalue weighted by Crippen LogP contribution is 1.97. The number of hydrogen-bond donors (Lipinski definition) is 2. The normalized spacial score (nSPS) is 29.5. The fourth-order valence-electron chi connectivity index (χ4n) is 0.873. The van der Waals surface area contributed by atoms with E-state index in [1.807, 2.05) is 0 Å². The Labute approximate surface area is 69.2 Å². The molecule has 1 fully saturated rings. The molecule has 1 heterocycles. The molecule has 0 bridgehead atoms. The van der Waals surface area contributed by atoms with E-state index in [4.69, 9.17) is 0 Å². The van der Waals surface area contributed by atoms with Gasteiger partial charge in [0.25, 0.3) is 11.8 Å². The molecule has 0 radical (unpaired) electrons. The number of nitrogens with one attached hydrogen (secondary N) is 2. The highest BCUT2D eigenvalue weighted by atomic mass is 16.5. The van der Waals surface area contributed by atoms with E-state index in [2.05, 4.69) is 20.1 Å². The third-order valence-corrected chi connectivity index (χ3v) is 1.49. The minimum absolute atomic E-state index is 0.413. The zero-order chi connectivity index (χ0) is 9.14. The summed E-state index contributed by atoms with van der Waals surface area (Å²) in [5.74, 6) is -0.826. The smallest absolute Gasteiger partial charge is 0.272 e. The largest absolute Gasteiger partial charge is 0.353 e. The SMILES string of the molecule is CO[C@H]1NC(=O)[C@@H](OC)NC1=O. The van der Waals surface area contributed by atoms with Crippen molar-refractivity contribution in [2.24, 2.45) is 0 Å². The molecule has 6 heteroatoms. The van der Waals surface area contributed by atoms with Gasteiger partial charge in [-0.3, -0.25) is 9.59 Å². The Kier molecular flexibility index (Phi) is 2.61. The molecule has 0 unspecified atom stereocenters. The summed E-state index contributed by atoms with van der Waals surface area (Å²) in [5.41, 5.74) is 0. The van der Waals surface area contributed by atoms with Crippen molar-refractivity contribution < 1.29 is 19.1 Å². The average molecular weight is 174 g/mol. The van der Waals surface area contributed by atoms with Crippen LogP contribution in [0.1, 0.15) is 0 Å². The number of hydrogen-bond acceptors (Lipinski definition) is 4. The van der Waals surface area contributed by atoms with Gasteiger partial charge >= 0.3 is 0 Å². The number of carbonyl (C=O) groups excluding carboxylic acids is 2. The highest BCUT2D eigenvalue weighted by molar-refractivity contribution is 5.95. The van der Waals surface area contributed by atoms with Gasteiger partial charge in [0.2, 0.25) is 12.5 Å². The van der Waals surface area contributed by atoms with Crippen LogP contribution in [0.4, 0.5) is 0 Å². The standard InChI is InChI=1S/C6H10N2O4/c1-11-5-3(9)8-6(12-2)4(10)7-5/h5-6H,1-2H3,(H,7,10)(H,8,9)/t5-,6-/m1/s1. The molecule has 2 amide bonds. The monoisotopic (exact) mass is 174 g/mol. The molecule has 0 saturated carbocycles. The zero-order valence-electron chi connectivity index (χ0n) is 6.79. The Hall–Kier alpha value is -1.14. The lowest BCUT2D eigenvalue weighted by molar-refractivity contribution is -0.156. The third kappa shape index (κ3) is 1.54. The molecule has 1 aliphatic heterocycles. The summed E-state index contributed by atoms with van der Waals surface area (Å²) in [6.07, 6.45) is -1.83. The summed E-state index contributed by atoms with van der Waals surface area (Å²) in [5, 5.41) is 4.64. The molecule has 0 aromatic heterocycles. The van der Waals surface area contributed by atoms with Gasteiger partial charge in [-0.25, -0.2) is 0 Å². The van der Waals surface area contributed by atoms with Gasteiger partial charge < -0.3 is 20.1 Å². The Morgan fingerprint density at radius 1 is 1.00 bits per heavy atom. The molecular weight excluding hydrogens is 164 g/mol. The van der Waals surface area contributed by atoms with Crippen molar-refractivity contribution in [2.45, 2.75) is 12.5 Å². The van der Waals surface area contributed by atoms with E-state index in [-0.39, 0.29) is 0 Å². The van der Waals surface area contributed by atoms with Crippen LogP contribution >= 0.6 is 0 Å². The molecule has 1 aliphatic rings. The summed E-state index contributed by atoms with van der Waals surface area (Å²) < 4.78 is 9.33. The predicted octanol–water partition coefficient (Wildman–Crippen LogP) is -1.82. The number of rotatable bonds is 2. The first kappa shape index (κ1) is 8.95. The fraction of sp³-hybridized carbons (Fsp3) is 0.667. The summed E-state index contributed by atoms with van der Waals surface area (Å²) >= 11 is 0. The van der Waals surface area contributed by atoms with Crippen molar-refractivity contribution in [3.63, 3.8) is 0 Å². The Morgan fingerprint density at radius 3 is 1.58 bits per heavy atom. The minimum atomic E-state index is -0.913. The van der Waals surface area contributed by atoms with Crippen LogP contribution < -0.4 is 10.6 Å². The van der Waals surface area contributed by atoms with E-state index in [0.29, 0.717) is 0 Å². The average Bonchev–Trinajstić information content (AvgIpc) is 2.08. The van der Waals surface area contributed by atoms with E-state index in [1.165, 1.54) is 14.2 Å². The molecule has 2 atom stereocenters. The van der Waals surface area contributed by atoms with Crippen molar-refractivity contribution in [2.75, 3.05) is 14.2 Å². The van der Waals surface area contributed by atoms with E-state index in [1.54, 1.807) is 0 Å². The number of amides is 2. The van der Waals surface area contributed by atoms with Gasteiger partial charge in [0, 0.05) is 14.2 Å². The lowest BCUT2D eigenvalue weighted by atomic mass is 10.3. The van der Waals surface area contributed by atoms with Crippen LogP contribution in [0.5, 0.6) is 0 Å². The number of piperazine rings is 1. The second kappa shape index (κ2) is 3.51. The second-order valence-electron chi connectivity index (χ2n) is 2.25. The van der Waals surface area contributed by atoms with Crippen molar-refractivity contribution in [3.05, 3.63) is 0 Å². The van der Waals surface area contributed by atoms with Gasteiger partial charge in [-0.05, 0) is 0 Å². The first-order chi connectivity index (χ1) is 5.69. The first-order valence-electron chi connectivity index (χ1n) is 3.35. The van der Waals surface area contributed by atoms with E-state index >= 15 is 0 Å². The maximum atomic E-state index is 11.0. The highest BCUT2D eigenvalue weighted by Gasteiger charge is 2.33. The Morgan fingerprint density at radius 2 is 1.33 bits per heavy atom. The molecule has 0 aromatic carbocycles. The van der Waals surface area contributed by atoms with Crippen LogP contribution in [0, 0.1) is 0 Å². The zero-order valence-corrected chi connectivity index (χ0v) is 6.79. The van der Waals surface area contributed by atoms with Gasteiger partial charge in [-0.1, -0.05) is 0 Å². The second-order valence-corrected chi connectivity index (χ2v) is 2.25. The molecule has 0 aliphatic carbocycles. The van der Waals surface area contributed by atoms with Crippen LogP contribution in [0.2, 0.25) is 0 Å². The van der Waals surface area contributed by atoms with Crippen LogP contribution in [0.15, 0.2) is 0 Å². The van der Waals surface area contributed by atoms with Gasteiger partial charge in [0.05, 0.1) is 0 Å². The molecule has 2 N–H and O–H groups in total. The molecule has 0 spiro atoms. The topological polar surface area (TPSA) is 76.7 Å². The molecule has 0 aromatic rings. The summed E-state index contributed by atoms with van der Waals surface area (Å²) in [6, 6.07) is 0. The maximum Gasteiger partial charge on any atom is 0.272 e. The van der Waals surface area contributed by atoms with Crippen LogP contribution in [0.25, 0.3) is 0 Å². The van der Waals surface area contributed by atoms with Gasteiger partial charge in [0.1, 0.15) is 0 Å². The quantitative estimate of drug-likeness (QED) is 0.516. The third-order valence-electron chi connectivity index (χ3n) is 1.49. The van der Waals surface area contributed by atoms with Crippen molar-refractivity contribution >= 4 is 11.8 Å². The molecule has 1 rings (SSSR count). The van der Waals surface area contributed by atoms with Gasteiger partial charge in [0.15, 0.2) is 0 Å². The van der Waals surface area contributed by atoms with Crippen molar-refractivity contribution in [1.29, 1.82) is 0 Å². The molecule has 68 valence electrons. The van der Waals surface area contributed by atoms with Crippen molar-refractivity contribution in [3.8, 4) is 0 Å². The molecular formula is C6H10N2O4. The molecule has 12 heavy (non-hydrogen) atoms. The lowest BCUT2D eigenvalue weighted by Gasteiger charge is -2.27. The van der Waals surface area contributed by atoms with Crippen LogP contribution in [-0.4, -0.2) is 38.5 Å². The van der Waals surface area contributed by atoms with Crippen LogP contribution in [0.3, 0.4) is 0 Å². The first-order valence-corrected chi connectivity index (χ1v) is 3.35. The maximum absolute atomic E-state index is 11.0. The summed E-state index contributed by atoms with van der Waals surface area (Å²) in [7, 11) is 2.66. The Balaban J connectivity index is 2.61. The van der Waals surface area contributed by atoms with Gasteiger partial charge in [-0.2, -0.15) is 0 Å². The minimum Gasteiger partial charge on any atom is -0.353 e. The Bertz CT molecular complexity index is 184. The predicted molar refractivity (Wildman–Crippen MR) is 37.9 cm³/mol. The van der Waals surface area contributed by atoms with E-state index in [0.717, 1.165) is 0 Å². The van der Waals surface area contributed by atoms with Crippen molar-refractivity contribution in [1.82, 2.24) is 10.6 Å². The van der Waals surface area contributed by atoms with E-state index < -0.39 is 24.3 Å². The number of methoxy groups -OCH3 is 2. The lowest BCUT2D eigenvalue weighted by Crippen LogP contribution is -2.62. The number of ether oxygens (including phenoxy) is 2. The molecule has 6 nitrogen and oxygen atoms in total.